The third-order valence-electron chi connectivity index (χ3n) is 1.71. The number of carbonyl (C=O) groups is 1. The zero-order valence-corrected chi connectivity index (χ0v) is 10.2. The highest BCUT2D eigenvalue weighted by Gasteiger charge is 2.11. The van der Waals surface area contributed by atoms with Crippen LogP contribution in [0.2, 0.25) is 5.02 Å². The summed E-state index contributed by atoms with van der Waals surface area (Å²) in [6.07, 6.45) is 0.343. The summed E-state index contributed by atoms with van der Waals surface area (Å²) < 4.78 is 0.742. The zero-order chi connectivity index (χ0) is 10.7. The standard InChI is InChI=1S/C11H10BrClO/c1-7(2)6-10(14)8-4-3-5-9(12)11(8)13/h3-5H,1,6H2,2H3. The Kier molecular flexibility index (Phi) is 3.90. The van der Waals surface area contributed by atoms with Crippen molar-refractivity contribution in [1.82, 2.24) is 0 Å². The van der Waals surface area contributed by atoms with E-state index in [0.29, 0.717) is 17.0 Å². The predicted molar refractivity (Wildman–Crippen MR) is 62.9 cm³/mol. The van der Waals surface area contributed by atoms with Crippen LogP contribution >= 0.6 is 27.5 Å². The fourth-order valence-electron chi connectivity index (χ4n) is 1.09. The van der Waals surface area contributed by atoms with Crippen molar-refractivity contribution in [3.05, 3.63) is 45.4 Å². The maximum Gasteiger partial charge on any atom is 0.168 e. The number of hydrogen-bond donors (Lipinski definition) is 0. The first-order chi connectivity index (χ1) is 6.52. The molecule has 1 aromatic rings. The minimum absolute atomic E-state index is 0.00352. The van der Waals surface area contributed by atoms with Crippen LogP contribution in [-0.2, 0) is 0 Å². The summed E-state index contributed by atoms with van der Waals surface area (Å²) in [5.41, 5.74) is 1.38. The lowest BCUT2D eigenvalue weighted by Crippen LogP contribution is -2.00. The molecule has 0 bridgehead atoms. The van der Waals surface area contributed by atoms with Crippen LogP contribution in [0.3, 0.4) is 0 Å². The molecule has 0 saturated heterocycles. The molecular formula is C11H10BrClO. The SMILES string of the molecule is C=C(C)CC(=O)c1cccc(Br)c1Cl. The first-order valence-electron chi connectivity index (χ1n) is 4.14. The molecule has 0 aromatic heterocycles. The molecule has 1 rings (SSSR count). The molecule has 0 unspecified atom stereocenters. The van der Waals surface area contributed by atoms with E-state index in [1.54, 1.807) is 18.2 Å². The van der Waals surface area contributed by atoms with Gasteiger partial charge >= 0.3 is 0 Å². The summed E-state index contributed by atoms with van der Waals surface area (Å²) in [5.74, 6) is 0.00352. The van der Waals surface area contributed by atoms with Crippen LogP contribution in [0.25, 0.3) is 0 Å². The lowest BCUT2D eigenvalue weighted by Gasteiger charge is -2.04. The third-order valence-corrected chi connectivity index (χ3v) is 3.01. The molecule has 74 valence electrons. The van der Waals surface area contributed by atoms with Gasteiger partial charge < -0.3 is 0 Å². The van der Waals surface area contributed by atoms with Gasteiger partial charge in [0.25, 0.3) is 0 Å². The fraction of sp³-hybridized carbons (Fsp3) is 0.182. The average Bonchev–Trinajstić information content (AvgIpc) is 2.08. The minimum atomic E-state index is 0.00352. The van der Waals surface area contributed by atoms with E-state index >= 15 is 0 Å². The zero-order valence-electron chi connectivity index (χ0n) is 7.81. The van der Waals surface area contributed by atoms with Gasteiger partial charge in [-0.2, -0.15) is 0 Å². The normalized spacial score (nSPS) is 9.93. The van der Waals surface area contributed by atoms with Crippen molar-refractivity contribution in [2.24, 2.45) is 0 Å². The Morgan fingerprint density at radius 3 is 2.79 bits per heavy atom. The molecule has 0 N–H and O–H groups in total. The lowest BCUT2D eigenvalue weighted by atomic mass is 10.1. The van der Waals surface area contributed by atoms with Gasteiger partial charge in [0, 0.05) is 16.5 Å². The first kappa shape index (κ1) is 11.5. The van der Waals surface area contributed by atoms with Gasteiger partial charge in [-0.1, -0.05) is 29.8 Å². The number of rotatable bonds is 3. The number of allylic oxidation sites excluding steroid dienone is 1. The van der Waals surface area contributed by atoms with Crippen molar-refractivity contribution in [2.45, 2.75) is 13.3 Å². The Morgan fingerprint density at radius 1 is 1.57 bits per heavy atom. The van der Waals surface area contributed by atoms with Crippen LogP contribution in [0.4, 0.5) is 0 Å². The number of ketones is 1. The number of carbonyl (C=O) groups excluding carboxylic acids is 1. The van der Waals surface area contributed by atoms with Gasteiger partial charge in [0.2, 0.25) is 0 Å². The quantitative estimate of drug-likeness (QED) is 0.594. The van der Waals surface area contributed by atoms with Gasteiger partial charge in [-0.25, -0.2) is 0 Å². The van der Waals surface area contributed by atoms with Gasteiger partial charge in [-0.05, 0) is 35.0 Å². The summed E-state index contributed by atoms with van der Waals surface area (Å²) in [6, 6.07) is 5.32. The van der Waals surface area contributed by atoms with E-state index in [-0.39, 0.29) is 5.78 Å². The van der Waals surface area contributed by atoms with Crippen LogP contribution < -0.4 is 0 Å². The molecule has 0 aliphatic carbocycles. The van der Waals surface area contributed by atoms with Crippen molar-refractivity contribution < 1.29 is 4.79 Å². The molecule has 0 saturated carbocycles. The highest BCUT2D eigenvalue weighted by Crippen LogP contribution is 2.27. The van der Waals surface area contributed by atoms with E-state index in [4.69, 9.17) is 11.6 Å². The van der Waals surface area contributed by atoms with E-state index in [2.05, 4.69) is 22.5 Å². The van der Waals surface area contributed by atoms with Gasteiger partial charge in [-0.3, -0.25) is 4.79 Å². The monoisotopic (exact) mass is 272 g/mol. The van der Waals surface area contributed by atoms with E-state index in [1.807, 2.05) is 6.92 Å². The van der Waals surface area contributed by atoms with Crippen LogP contribution in [-0.4, -0.2) is 5.78 Å². The van der Waals surface area contributed by atoms with Gasteiger partial charge in [0.05, 0.1) is 5.02 Å². The van der Waals surface area contributed by atoms with Crippen molar-refractivity contribution in [2.75, 3.05) is 0 Å². The molecule has 1 nitrogen and oxygen atoms in total. The van der Waals surface area contributed by atoms with Gasteiger partial charge in [-0.15, -0.1) is 0 Å². The molecule has 0 radical (unpaired) electrons. The second-order valence-corrected chi connectivity index (χ2v) is 4.39. The fourth-order valence-corrected chi connectivity index (χ4v) is 1.69. The summed E-state index contributed by atoms with van der Waals surface area (Å²) >= 11 is 9.25. The molecule has 14 heavy (non-hydrogen) atoms. The maximum atomic E-state index is 11.7. The molecule has 0 fully saturated rings. The topological polar surface area (TPSA) is 17.1 Å². The van der Waals surface area contributed by atoms with Crippen molar-refractivity contribution in [3.8, 4) is 0 Å². The molecule has 1 aromatic carbocycles. The minimum Gasteiger partial charge on any atom is -0.294 e. The Balaban J connectivity index is 3.01. The van der Waals surface area contributed by atoms with Crippen LogP contribution in [0.15, 0.2) is 34.8 Å². The first-order valence-corrected chi connectivity index (χ1v) is 5.31. The molecule has 0 atom stereocenters. The molecule has 0 heterocycles. The van der Waals surface area contributed by atoms with Crippen LogP contribution in [0.1, 0.15) is 23.7 Å². The Morgan fingerprint density at radius 2 is 2.21 bits per heavy atom. The Hall–Kier alpha value is -0.600. The third kappa shape index (κ3) is 2.69. The predicted octanol–water partition coefficient (Wildman–Crippen LogP) is 4.25. The van der Waals surface area contributed by atoms with E-state index in [1.165, 1.54) is 0 Å². The van der Waals surface area contributed by atoms with Gasteiger partial charge in [0.1, 0.15) is 0 Å². The second-order valence-electron chi connectivity index (χ2n) is 3.16. The molecular weight excluding hydrogens is 263 g/mol. The van der Waals surface area contributed by atoms with E-state index in [9.17, 15) is 4.79 Å². The Bertz CT molecular complexity index is 385. The van der Waals surface area contributed by atoms with Crippen molar-refractivity contribution >= 4 is 33.3 Å². The molecule has 0 aliphatic rings. The summed E-state index contributed by atoms with van der Waals surface area (Å²) in [6.45, 7) is 5.52. The van der Waals surface area contributed by atoms with Crippen molar-refractivity contribution in [3.63, 3.8) is 0 Å². The molecule has 0 spiro atoms. The number of halogens is 2. The number of hydrogen-bond acceptors (Lipinski definition) is 1. The van der Waals surface area contributed by atoms with Crippen LogP contribution in [0, 0.1) is 0 Å². The maximum absolute atomic E-state index is 11.7. The second kappa shape index (κ2) is 4.76. The average molecular weight is 274 g/mol. The summed E-state index contributed by atoms with van der Waals surface area (Å²) in [7, 11) is 0. The van der Waals surface area contributed by atoms with Crippen molar-refractivity contribution in [1.29, 1.82) is 0 Å². The Labute approximate surface area is 96.9 Å². The molecule has 0 aliphatic heterocycles. The molecule has 3 heteroatoms. The largest absolute Gasteiger partial charge is 0.294 e. The number of Topliss-reactive ketones (excluding diaryl/α,β-unsaturated/α-hetero) is 1. The summed E-state index contributed by atoms with van der Waals surface area (Å²) in [4.78, 5) is 11.7. The summed E-state index contributed by atoms with van der Waals surface area (Å²) in [5, 5.41) is 0.471. The highest BCUT2D eigenvalue weighted by atomic mass is 79.9. The smallest absolute Gasteiger partial charge is 0.168 e. The lowest BCUT2D eigenvalue weighted by molar-refractivity contribution is 0.0993. The molecule has 0 amide bonds. The van der Waals surface area contributed by atoms with Gasteiger partial charge in [0.15, 0.2) is 5.78 Å². The van der Waals surface area contributed by atoms with E-state index in [0.717, 1.165) is 10.0 Å². The van der Waals surface area contributed by atoms with Crippen LogP contribution in [0.5, 0.6) is 0 Å². The van der Waals surface area contributed by atoms with E-state index < -0.39 is 0 Å². The number of benzene rings is 1. The highest BCUT2D eigenvalue weighted by molar-refractivity contribution is 9.10.